The van der Waals surface area contributed by atoms with Crippen molar-refractivity contribution in [2.24, 2.45) is 0 Å². The Morgan fingerprint density at radius 2 is 1.94 bits per heavy atom. The summed E-state index contributed by atoms with van der Waals surface area (Å²) in [5.41, 5.74) is 1.82. The van der Waals surface area contributed by atoms with Crippen molar-refractivity contribution in [3.05, 3.63) is 76.6 Å². The highest BCUT2D eigenvalue weighted by atomic mass is 35.5. The fraction of sp³-hybridized carbons (Fsp3) is 0.280. The summed E-state index contributed by atoms with van der Waals surface area (Å²) < 4.78 is 19.1. The number of fused-ring (bicyclic) bond motifs is 3. The second-order valence-corrected chi connectivity index (χ2v) is 9.40. The fourth-order valence-electron chi connectivity index (χ4n) is 4.13. The second kappa shape index (κ2) is 7.41. The average Bonchev–Trinajstić information content (AvgIpc) is 3.11. The number of aromatic nitrogens is 1. The molecule has 0 aliphatic carbocycles. The molecular formula is C25H22ClNO5. The molecular weight excluding hydrogens is 430 g/mol. The summed E-state index contributed by atoms with van der Waals surface area (Å²) in [5.74, 6) is 0.488. The van der Waals surface area contributed by atoms with Gasteiger partial charge in [0.2, 0.25) is 0 Å². The molecule has 164 valence electrons. The largest absolute Gasteiger partial charge is 0.493 e. The van der Waals surface area contributed by atoms with E-state index in [1.54, 1.807) is 30.5 Å². The van der Waals surface area contributed by atoms with Gasteiger partial charge in [-0.25, -0.2) is 4.79 Å². The summed E-state index contributed by atoms with van der Waals surface area (Å²) in [4.78, 5) is 25.7. The molecule has 0 N–H and O–H groups in total. The number of para-hydroxylation sites is 1. The van der Waals surface area contributed by atoms with Gasteiger partial charge in [0, 0.05) is 28.6 Å². The Kier molecular flexibility index (Phi) is 4.78. The zero-order valence-corrected chi connectivity index (χ0v) is 18.7. The first-order valence-electron chi connectivity index (χ1n) is 10.4. The summed E-state index contributed by atoms with van der Waals surface area (Å²) in [5, 5.41) is 1.33. The molecule has 3 aromatic rings. The van der Waals surface area contributed by atoms with Gasteiger partial charge in [0.25, 0.3) is 0 Å². The van der Waals surface area contributed by atoms with E-state index in [1.165, 1.54) is 10.8 Å². The standard InChI is InChI=1S/C25H22ClNO5/c1-25(2,3)32-24(29)27-12-17(15-9-8-14(26)10-19(15)27)21-11-22-18(13-30-21)23(28)16-6-4-5-7-20(16)31-22/h4-10,12-13,21-22H,11H2,1-3H3/t21-,22-/m1/s1. The van der Waals surface area contributed by atoms with Crippen LogP contribution in [0.2, 0.25) is 5.02 Å². The third kappa shape index (κ3) is 3.54. The van der Waals surface area contributed by atoms with Crippen molar-refractivity contribution in [2.75, 3.05) is 0 Å². The smallest absolute Gasteiger partial charge is 0.419 e. The molecule has 2 atom stereocenters. The summed E-state index contributed by atoms with van der Waals surface area (Å²) >= 11 is 6.21. The molecule has 0 radical (unpaired) electrons. The van der Waals surface area contributed by atoms with Crippen molar-refractivity contribution >= 4 is 34.4 Å². The van der Waals surface area contributed by atoms with Crippen LogP contribution in [0.25, 0.3) is 10.9 Å². The van der Waals surface area contributed by atoms with Crippen LogP contribution in [0.4, 0.5) is 4.79 Å². The lowest BCUT2D eigenvalue weighted by Gasteiger charge is -2.33. The highest BCUT2D eigenvalue weighted by Gasteiger charge is 2.38. The Bertz CT molecular complexity index is 1280. The summed E-state index contributed by atoms with van der Waals surface area (Å²) in [6, 6.07) is 12.6. The number of halogens is 1. The fourth-order valence-corrected chi connectivity index (χ4v) is 4.30. The maximum atomic E-state index is 12.9. The maximum Gasteiger partial charge on any atom is 0.419 e. The zero-order chi connectivity index (χ0) is 22.6. The second-order valence-electron chi connectivity index (χ2n) is 8.96. The van der Waals surface area contributed by atoms with Crippen molar-refractivity contribution in [2.45, 2.75) is 45.0 Å². The maximum absolute atomic E-state index is 12.9. The van der Waals surface area contributed by atoms with E-state index >= 15 is 0 Å². The molecule has 2 aromatic carbocycles. The molecule has 7 heteroatoms. The van der Waals surface area contributed by atoms with Crippen LogP contribution >= 0.6 is 11.6 Å². The van der Waals surface area contributed by atoms with Gasteiger partial charge in [-0.2, -0.15) is 0 Å². The Labute approximate surface area is 190 Å². The number of rotatable bonds is 1. The lowest BCUT2D eigenvalue weighted by atomic mass is 9.89. The summed E-state index contributed by atoms with van der Waals surface area (Å²) in [6.45, 7) is 5.45. The van der Waals surface area contributed by atoms with E-state index in [1.807, 2.05) is 39.0 Å². The number of carbonyl (C=O) groups excluding carboxylic acids is 2. The van der Waals surface area contributed by atoms with E-state index in [2.05, 4.69) is 0 Å². The number of Topliss-reactive ketones (excluding diaryl/α,β-unsaturated/α-hetero) is 1. The van der Waals surface area contributed by atoms with Gasteiger partial charge in [-0.1, -0.05) is 29.8 Å². The number of hydrogen-bond donors (Lipinski definition) is 0. The van der Waals surface area contributed by atoms with Gasteiger partial charge < -0.3 is 14.2 Å². The molecule has 0 fully saturated rings. The molecule has 0 saturated carbocycles. The first-order valence-corrected chi connectivity index (χ1v) is 10.8. The van der Waals surface area contributed by atoms with Crippen molar-refractivity contribution < 1.29 is 23.8 Å². The molecule has 6 nitrogen and oxygen atoms in total. The van der Waals surface area contributed by atoms with Crippen LogP contribution in [0.15, 0.2) is 60.5 Å². The van der Waals surface area contributed by atoms with Crippen LogP contribution in [0.3, 0.4) is 0 Å². The molecule has 5 rings (SSSR count). The van der Waals surface area contributed by atoms with Gasteiger partial charge in [0.1, 0.15) is 23.6 Å². The van der Waals surface area contributed by atoms with Crippen molar-refractivity contribution in [1.29, 1.82) is 0 Å². The first-order chi connectivity index (χ1) is 15.2. The van der Waals surface area contributed by atoms with Crippen LogP contribution < -0.4 is 4.74 Å². The molecule has 0 saturated heterocycles. The number of ether oxygens (including phenoxy) is 3. The quantitative estimate of drug-likeness (QED) is 0.449. The van der Waals surface area contributed by atoms with E-state index in [9.17, 15) is 9.59 Å². The van der Waals surface area contributed by atoms with Crippen LogP contribution in [0.1, 0.15) is 49.2 Å². The third-order valence-electron chi connectivity index (χ3n) is 5.53. The van der Waals surface area contributed by atoms with Crippen LogP contribution in [-0.2, 0) is 9.47 Å². The van der Waals surface area contributed by atoms with Crippen molar-refractivity contribution in [3.63, 3.8) is 0 Å². The normalized spacial score (nSPS) is 20.0. The van der Waals surface area contributed by atoms with Gasteiger partial charge in [-0.15, -0.1) is 0 Å². The predicted octanol–water partition coefficient (Wildman–Crippen LogP) is 6.07. The molecule has 32 heavy (non-hydrogen) atoms. The minimum absolute atomic E-state index is 0.0849. The highest BCUT2D eigenvalue weighted by molar-refractivity contribution is 6.31. The lowest BCUT2D eigenvalue weighted by Crippen LogP contribution is -2.34. The molecule has 0 spiro atoms. The van der Waals surface area contributed by atoms with E-state index in [0.717, 1.165) is 10.9 Å². The van der Waals surface area contributed by atoms with Crippen molar-refractivity contribution in [1.82, 2.24) is 4.57 Å². The molecule has 1 aromatic heterocycles. The van der Waals surface area contributed by atoms with E-state index in [-0.39, 0.29) is 5.78 Å². The Morgan fingerprint density at radius 3 is 2.72 bits per heavy atom. The summed E-state index contributed by atoms with van der Waals surface area (Å²) in [7, 11) is 0. The zero-order valence-electron chi connectivity index (χ0n) is 17.9. The van der Waals surface area contributed by atoms with Gasteiger partial charge in [-0.3, -0.25) is 9.36 Å². The number of carbonyl (C=O) groups is 2. The average molecular weight is 452 g/mol. The molecule has 0 amide bonds. The van der Waals surface area contributed by atoms with Crippen LogP contribution in [0, 0.1) is 0 Å². The lowest BCUT2D eigenvalue weighted by molar-refractivity contribution is 0.0531. The van der Waals surface area contributed by atoms with Gasteiger partial charge >= 0.3 is 6.09 Å². The first kappa shape index (κ1) is 20.6. The summed E-state index contributed by atoms with van der Waals surface area (Å²) in [6.07, 6.45) is 2.31. The Morgan fingerprint density at radius 1 is 1.16 bits per heavy atom. The topological polar surface area (TPSA) is 66.8 Å². The molecule has 2 aliphatic heterocycles. The molecule has 3 heterocycles. The Balaban J connectivity index is 1.53. The molecule has 0 bridgehead atoms. The van der Waals surface area contributed by atoms with E-state index in [4.69, 9.17) is 25.8 Å². The monoisotopic (exact) mass is 451 g/mol. The Hall–Kier alpha value is -3.25. The van der Waals surface area contributed by atoms with E-state index < -0.39 is 23.9 Å². The minimum atomic E-state index is -0.644. The van der Waals surface area contributed by atoms with Crippen LogP contribution in [0.5, 0.6) is 5.75 Å². The third-order valence-corrected chi connectivity index (χ3v) is 5.77. The van der Waals surface area contributed by atoms with E-state index in [0.29, 0.717) is 33.8 Å². The highest BCUT2D eigenvalue weighted by Crippen LogP contribution is 2.41. The molecule has 2 aliphatic rings. The van der Waals surface area contributed by atoms with Gasteiger partial charge in [0.15, 0.2) is 5.78 Å². The van der Waals surface area contributed by atoms with Gasteiger partial charge in [0.05, 0.1) is 22.9 Å². The number of benzene rings is 2. The number of ketones is 1. The van der Waals surface area contributed by atoms with Crippen LogP contribution in [-0.4, -0.2) is 28.1 Å². The van der Waals surface area contributed by atoms with Gasteiger partial charge in [-0.05, 0) is 45.0 Å². The molecule has 0 unspecified atom stereocenters. The SMILES string of the molecule is CC(C)(C)OC(=O)n1cc([C@H]2C[C@H]3Oc4ccccc4C(=O)C3=CO2)c2ccc(Cl)cc21. The minimum Gasteiger partial charge on any atom is -0.493 e. The number of hydrogen-bond acceptors (Lipinski definition) is 5. The number of nitrogens with zero attached hydrogens (tertiary/aromatic N) is 1. The predicted molar refractivity (Wildman–Crippen MR) is 120 cm³/mol. The van der Waals surface area contributed by atoms with Crippen molar-refractivity contribution in [3.8, 4) is 5.75 Å².